The van der Waals surface area contributed by atoms with Gasteiger partial charge in [0.2, 0.25) is 0 Å². The highest BCUT2D eigenvalue weighted by Gasteiger charge is 2.26. The molecule has 1 saturated heterocycles. The van der Waals surface area contributed by atoms with Gasteiger partial charge in [-0.1, -0.05) is 0 Å². The largest absolute Gasteiger partial charge is 0.339 e. The van der Waals surface area contributed by atoms with Crippen molar-refractivity contribution in [2.24, 2.45) is 5.92 Å². The Hall–Kier alpha value is -1.63. The molecule has 1 amide bonds. The van der Waals surface area contributed by atoms with E-state index in [9.17, 15) is 4.79 Å². The molecule has 0 radical (unpaired) electrons. The molecule has 1 N–H and O–H groups in total. The lowest BCUT2D eigenvalue weighted by molar-refractivity contribution is 0.0705. The maximum absolute atomic E-state index is 12.8. The topological polar surface area (TPSA) is 63.1 Å². The Labute approximate surface area is 166 Å². The third-order valence-electron chi connectivity index (χ3n) is 4.94. The van der Waals surface area contributed by atoms with Crippen LogP contribution in [0, 0.1) is 5.92 Å². The third kappa shape index (κ3) is 4.96. The Kier molecular flexibility index (Phi) is 7.43. The van der Waals surface area contributed by atoms with Crippen LogP contribution in [0.15, 0.2) is 37.1 Å². The first-order valence-corrected chi connectivity index (χ1v) is 8.76. The molecule has 0 spiro atoms. The van der Waals surface area contributed by atoms with Crippen LogP contribution in [0.4, 0.5) is 0 Å². The summed E-state index contributed by atoms with van der Waals surface area (Å²) in [5.41, 5.74) is 0.693. The van der Waals surface area contributed by atoms with Crippen molar-refractivity contribution >= 4 is 30.7 Å². The molecule has 0 bridgehead atoms. The van der Waals surface area contributed by atoms with Crippen LogP contribution in [0.1, 0.15) is 36.0 Å². The molecular weight excluding hydrogens is 373 g/mol. The molecule has 0 unspecified atom stereocenters. The molecule has 2 fully saturated rings. The minimum atomic E-state index is 0. The number of carbonyl (C=O) groups excluding carboxylic acids is 1. The molecule has 1 aliphatic heterocycles. The number of likely N-dealkylation sites (tertiary alicyclic amines) is 1. The van der Waals surface area contributed by atoms with E-state index in [2.05, 4.69) is 15.3 Å². The number of amides is 1. The highest BCUT2D eigenvalue weighted by atomic mass is 35.5. The van der Waals surface area contributed by atoms with Gasteiger partial charge in [-0.3, -0.25) is 9.36 Å². The van der Waals surface area contributed by atoms with E-state index in [1.54, 1.807) is 24.8 Å². The third-order valence-corrected chi connectivity index (χ3v) is 4.94. The molecule has 8 heteroatoms. The quantitative estimate of drug-likeness (QED) is 0.842. The molecular formula is C18H25Cl2N5O. The average molecular weight is 398 g/mol. The number of nitrogens with zero attached hydrogens (tertiary/aromatic N) is 4. The molecule has 142 valence electrons. The Balaban J connectivity index is 0.00000121. The molecule has 3 heterocycles. The van der Waals surface area contributed by atoms with Crippen LogP contribution in [0.3, 0.4) is 0 Å². The number of pyridine rings is 1. The minimum Gasteiger partial charge on any atom is -0.339 e. The SMILES string of the molecule is Cl.Cl.O=C(c1ccnc(-n2ccnc2)c1)N1CCC(NCC2CC2)CC1. The second-order valence-electron chi connectivity index (χ2n) is 6.79. The normalized spacial score (nSPS) is 17.3. The van der Waals surface area contributed by atoms with Crippen LogP contribution in [0.25, 0.3) is 5.82 Å². The van der Waals surface area contributed by atoms with Crippen molar-refractivity contribution in [1.82, 2.24) is 24.8 Å². The van der Waals surface area contributed by atoms with E-state index in [4.69, 9.17) is 0 Å². The van der Waals surface area contributed by atoms with Gasteiger partial charge in [0.05, 0.1) is 0 Å². The van der Waals surface area contributed by atoms with Crippen LogP contribution in [-0.2, 0) is 0 Å². The van der Waals surface area contributed by atoms with Crippen molar-refractivity contribution < 1.29 is 4.79 Å². The van der Waals surface area contributed by atoms with Gasteiger partial charge < -0.3 is 10.2 Å². The van der Waals surface area contributed by atoms with Crippen LogP contribution < -0.4 is 5.32 Å². The predicted molar refractivity (Wildman–Crippen MR) is 106 cm³/mol. The van der Waals surface area contributed by atoms with E-state index in [1.165, 1.54) is 12.8 Å². The van der Waals surface area contributed by atoms with Gasteiger partial charge in [0.1, 0.15) is 12.1 Å². The van der Waals surface area contributed by atoms with Gasteiger partial charge >= 0.3 is 0 Å². The van der Waals surface area contributed by atoms with Crippen LogP contribution >= 0.6 is 24.8 Å². The molecule has 2 aliphatic rings. The lowest BCUT2D eigenvalue weighted by atomic mass is 10.0. The Morgan fingerprint density at radius 3 is 2.58 bits per heavy atom. The number of imidazole rings is 1. The maximum atomic E-state index is 12.8. The summed E-state index contributed by atoms with van der Waals surface area (Å²) in [6, 6.07) is 4.19. The lowest BCUT2D eigenvalue weighted by Gasteiger charge is -2.32. The van der Waals surface area contributed by atoms with Crippen LogP contribution in [0.2, 0.25) is 0 Å². The Morgan fingerprint density at radius 1 is 1.15 bits per heavy atom. The summed E-state index contributed by atoms with van der Waals surface area (Å²) in [7, 11) is 0. The number of hydrogen-bond acceptors (Lipinski definition) is 4. The monoisotopic (exact) mass is 397 g/mol. The van der Waals surface area contributed by atoms with Gasteiger partial charge in [-0.05, 0) is 50.3 Å². The molecule has 0 atom stereocenters. The van der Waals surface area contributed by atoms with Crippen molar-refractivity contribution in [2.45, 2.75) is 31.7 Å². The second-order valence-corrected chi connectivity index (χ2v) is 6.79. The number of piperidine rings is 1. The van der Waals surface area contributed by atoms with E-state index in [0.717, 1.165) is 44.2 Å². The zero-order valence-electron chi connectivity index (χ0n) is 14.6. The Morgan fingerprint density at radius 2 is 1.92 bits per heavy atom. The molecule has 4 rings (SSSR count). The van der Waals surface area contributed by atoms with Gasteiger partial charge in [0, 0.05) is 43.3 Å². The molecule has 0 aromatic carbocycles. The minimum absolute atomic E-state index is 0. The van der Waals surface area contributed by atoms with Gasteiger partial charge in [-0.2, -0.15) is 0 Å². The van der Waals surface area contributed by atoms with E-state index in [1.807, 2.05) is 21.7 Å². The van der Waals surface area contributed by atoms with Gasteiger partial charge in [-0.15, -0.1) is 24.8 Å². The molecule has 2 aromatic heterocycles. The van der Waals surface area contributed by atoms with Gasteiger partial charge in [0.25, 0.3) is 5.91 Å². The first-order chi connectivity index (χ1) is 11.8. The van der Waals surface area contributed by atoms with E-state index in [-0.39, 0.29) is 30.7 Å². The fraction of sp³-hybridized carbons (Fsp3) is 0.500. The number of hydrogen-bond donors (Lipinski definition) is 1. The number of aromatic nitrogens is 3. The second kappa shape index (κ2) is 9.35. The summed E-state index contributed by atoms with van der Waals surface area (Å²) >= 11 is 0. The van der Waals surface area contributed by atoms with Gasteiger partial charge in [0.15, 0.2) is 0 Å². The first-order valence-electron chi connectivity index (χ1n) is 8.76. The lowest BCUT2D eigenvalue weighted by Crippen LogP contribution is -2.45. The van der Waals surface area contributed by atoms with E-state index >= 15 is 0 Å². The summed E-state index contributed by atoms with van der Waals surface area (Å²) in [5, 5.41) is 3.65. The van der Waals surface area contributed by atoms with Crippen molar-refractivity contribution in [2.75, 3.05) is 19.6 Å². The standard InChI is InChI=1S/C18H23N5O.2ClH/c24-18(15-3-6-20-17(11-15)23-10-7-19-13-23)22-8-4-16(5-9-22)21-12-14-1-2-14;;/h3,6-7,10-11,13-14,16,21H,1-2,4-5,8-9,12H2;2*1H. The first kappa shape index (κ1) is 20.7. The number of halogens is 2. The zero-order valence-corrected chi connectivity index (χ0v) is 16.2. The maximum Gasteiger partial charge on any atom is 0.254 e. The summed E-state index contributed by atoms with van der Waals surface area (Å²) in [5.74, 6) is 1.72. The molecule has 26 heavy (non-hydrogen) atoms. The smallest absolute Gasteiger partial charge is 0.254 e. The number of rotatable bonds is 5. The molecule has 1 saturated carbocycles. The molecule has 6 nitrogen and oxygen atoms in total. The molecule has 1 aliphatic carbocycles. The molecule has 2 aromatic rings. The van der Waals surface area contributed by atoms with Crippen molar-refractivity contribution in [1.29, 1.82) is 0 Å². The van der Waals surface area contributed by atoms with Crippen molar-refractivity contribution in [3.05, 3.63) is 42.6 Å². The Bertz CT molecular complexity index is 697. The zero-order chi connectivity index (χ0) is 16.4. The highest BCUT2D eigenvalue weighted by molar-refractivity contribution is 5.94. The highest BCUT2D eigenvalue weighted by Crippen LogP contribution is 2.28. The van der Waals surface area contributed by atoms with Crippen LogP contribution in [-0.4, -0.2) is 51.0 Å². The number of carbonyl (C=O) groups is 1. The summed E-state index contributed by atoms with van der Waals surface area (Å²) < 4.78 is 1.81. The van der Waals surface area contributed by atoms with Gasteiger partial charge in [-0.25, -0.2) is 9.97 Å². The summed E-state index contributed by atoms with van der Waals surface area (Å²) in [6.07, 6.45) is 11.7. The van der Waals surface area contributed by atoms with Crippen molar-refractivity contribution in [3.63, 3.8) is 0 Å². The fourth-order valence-corrected chi connectivity index (χ4v) is 3.21. The predicted octanol–water partition coefficient (Wildman–Crippen LogP) is 2.72. The van der Waals surface area contributed by atoms with Crippen molar-refractivity contribution in [3.8, 4) is 5.82 Å². The fourth-order valence-electron chi connectivity index (χ4n) is 3.21. The average Bonchev–Trinajstić information content (AvgIpc) is 3.30. The number of nitrogens with one attached hydrogen (secondary N) is 1. The van der Waals surface area contributed by atoms with E-state index < -0.39 is 0 Å². The summed E-state index contributed by atoms with van der Waals surface area (Å²) in [4.78, 5) is 23.1. The van der Waals surface area contributed by atoms with E-state index in [0.29, 0.717) is 11.6 Å². The van der Waals surface area contributed by atoms with Crippen LogP contribution in [0.5, 0.6) is 0 Å². The summed E-state index contributed by atoms with van der Waals surface area (Å²) in [6.45, 7) is 2.80.